The number of ether oxygens (including phenoxy) is 2. The normalized spacial score (nSPS) is 13.9. The lowest BCUT2D eigenvalue weighted by atomic mass is 10.1. The van der Waals surface area contributed by atoms with E-state index in [9.17, 15) is 26.3 Å². The number of benzene rings is 1. The Hall–Kier alpha value is -2.48. The van der Waals surface area contributed by atoms with Crippen molar-refractivity contribution in [1.82, 2.24) is 0 Å². The van der Waals surface area contributed by atoms with Gasteiger partial charge >= 0.3 is 12.4 Å². The van der Waals surface area contributed by atoms with Crippen LogP contribution in [0.15, 0.2) is 58.1 Å². The molecule has 14 heteroatoms. The third kappa shape index (κ3) is 13.9. The summed E-state index contributed by atoms with van der Waals surface area (Å²) in [6.07, 6.45) is -5.05. The zero-order chi connectivity index (χ0) is 29.3. The quantitative estimate of drug-likeness (QED) is 0.0338. The van der Waals surface area contributed by atoms with Gasteiger partial charge in [0, 0.05) is 29.9 Å². The lowest BCUT2D eigenvalue weighted by Gasteiger charge is -2.12. The van der Waals surface area contributed by atoms with Crippen molar-refractivity contribution in [1.29, 1.82) is 0 Å². The first-order valence-electron chi connectivity index (χ1n) is 12.0. The highest BCUT2D eigenvalue weighted by molar-refractivity contribution is 7.94. The Balaban J connectivity index is 2.65. The van der Waals surface area contributed by atoms with E-state index in [0.29, 0.717) is 35.9 Å². The zero-order valence-corrected chi connectivity index (χ0v) is 23.7. The molecular formula is C25H32F6N2O4S2. The minimum atomic E-state index is -4.69. The number of hydrogen-bond acceptors (Lipinski definition) is 8. The van der Waals surface area contributed by atoms with Crippen molar-refractivity contribution in [2.24, 2.45) is 10.3 Å². The Labute approximate surface area is 233 Å². The highest BCUT2D eigenvalue weighted by Gasteiger charge is 2.38. The molecule has 0 fully saturated rings. The van der Waals surface area contributed by atoms with Crippen molar-refractivity contribution in [2.45, 2.75) is 59.3 Å². The highest BCUT2D eigenvalue weighted by Crippen LogP contribution is 2.26. The van der Waals surface area contributed by atoms with Gasteiger partial charge in [-0.05, 0) is 49.3 Å². The van der Waals surface area contributed by atoms with Crippen LogP contribution >= 0.6 is 24.1 Å². The second-order valence-corrected chi connectivity index (χ2v) is 9.42. The van der Waals surface area contributed by atoms with Crippen LogP contribution in [0.5, 0.6) is 5.75 Å². The lowest BCUT2D eigenvalue weighted by Crippen LogP contribution is -2.24. The zero-order valence-electron chi connectivity index (χ0n) is 22.0. The summed E-state index contributed by atoms with van der Waals surface area (Å²) < 4.78 is 100. The molecule has 0 aliphatic carbocycles. The number of nitrogens with zero attached hydrogens (tertiary/aromatic N) is 2. The fourth-order valence-electron chi connectivity index (χ4n) is 2.64. The minimum Gasteiger partial charge on any atom is -0.498 e. The molecule has 0 aliphatic heterocycles. The van der Waals surface area contributed by atoms with Gasteiger partial charge in [0.2, 0.25) is 0 Å². The maximum Gasteiger partial charge on any atom is 0.437 e. The molecule has 0 heterocycles. The van der Waals surface area contributed by atoms with Crippen molar-refractivity contribution < 1.29 is 44.4 Å². The van der Waals surface area contributed by atoms with Crippen molar-refractivity contribution >= 4 is 35.5 Å². The second kappa shape index (κ2) is 18.0. The number of alkyl halides is 6. The van der Waals surface area contributed by atoms with Crippen molar-refractivity contribution in [3.8, 4) is 5.75 Å². The number of hydrogen-bond donors (Lipinski definition) is 0. The van der Waals surface area contributed by atoms with E-state index in [4.69, 9.17) is 13.8 Å². The summed E-state index contributed by atoms with van der Waals surface area (Å²) in [5.41, 5.74) is -2.57. The van der Waals surface area contributed by atoms with Gasteiger partial charge < -0.3 is 18.0 Å². The smallest absolute Gasteiger partial charge is 0.437 e. The van der Waals surface area contributed by atoms with Gasteiger partial charge in [0.05, 0.1) is 43.1 Å². The van der Waals surface area contributed by atoms with Gasteiger partial charge in [-0.1, -0.05) is 37.2 Å². The number of allylic oxidation sites excluding steroid dienone is 4. The Bertz CT molecular complexity index is 978. The standard InChI is InChI=1S/C25H32F6N2O4S2/c1-5-17-39-37-32-22(24(26,27)28)18(4)9-12-20(6-2)34-15-8-16-35-21-13-10-19(11-14-21)23(25(29,30)31)33-36-38-7-3/h9-14H,5-8,15-17H2,1-4H3. The average Bonchev–Trinajstić information content (AvgIpc) is 2.87. The van der Waals surface area contributed by atoms with Crippen LogP contribution in [0.3, 0.4) is 0 Å². The molecule has 1 aromatic carbocycles. The molecule has 39 heavy (non-hydrogen) atoms. The van der Waals surface area contributed by atoms with Crippen molar-refractivity contribution in [3.05, 3.63) is 53.3 Å². The predicted octanol–water partition coefficient (Wildman–Crippen LogP) is 8.66. The molecule has 220 valence electrons. The van der Waals surface area contributed by atoms with E-state index < -0.39 is 23.8 Å². The van der Waals surface area contributed by atoms with E-state index in [-0.39, 0.29) is 24.4 Å². The Morgan fingerprint density at radius 1 is 0.872 bits per heavy atom. The molecule has 6 nitrogen and oxygen atoms in total. The van der Waals surface area contributed by atoms with Crippen molar-refractivity contribution in [2.75, 3.05) is 24.7 Å². The van der Waals surface area contributed by atoms with Gasteiger partial charge in [-0.15, -0.1) is 0 Å². The molecule has 0 bridgehead atoms. The largest absolute Gasteiger partial charge is 0.498 e. The first kappa shape index (κ1) is 34.5. The topological polar surface area (TPSA) is 61.6 Å². The van der Waals surface area contributed by atoms with Crippen LogP contribution in [0.2, 0.25) is 0 Å². The summed E-state index contributed by atoms with van der Waals surface area (Å²) in [4.78, 5) is 0. The molecule has 0 N–H and O–H groups in total. The van der Waals surface area contributed by atoms with Gasteiger partial charge in [-0.3, -0.25) is 0 Å². The monoisotopic (exact) mass is 602 g/mol. The molecule has 0 amide bonds. The van der Waals surface area contributed by atoms with E-state index in [2.05, 4.69) is 14.6 Å². The summed E-state index contributed by atoms with van der Waals surface area (Å²) in [7, 11) is 0. The van der Waals surface area contributed by atoms with Gasteiger partial charge in [-0.2, -0.15) is 26.3 Å². The molecule has 1 aromatic rings. The molecule has 0 saturated carbocycles. The van der Waals surface area contributed by atoms with Crippen LogP contribution in [0.4, 0.5) is 26.3 Å². The third-order valence-electron chi connectivity index (χ3n) is 4.52. The maximum absolute atomic E-state index is 13.3. The van der Waals surface area contributed by atoms with Crippen LogP contribution in [0, 0.1) is 0 Å². The number of rotatable bonds is 17. The molecule has 0 saturated heterocycles. The van der Waals surface area contributed by atoms with E-state index >= 15 is 0 Å². The van der Waals surface area contributed by atoms with Gasteiger partial charge in [0.1, 0.15) is 5.75 Å². The summed E-state index contributed by atoms with van der Waals surface area (Å²) >= 11 is 1.63. The molecule has 0 aliphatic rings. The second-order valence-electron chi connectivity index (χ2n) is 7.66. The number of halogens is 6. The SMILES string of the molecule is CCCSON=C(C(C)=CC=C(CC)OCCCOc1ccc(C(=NOSCC)C(F)(F)F)cc1)C(F)(F)F. The van der Waals surface area contributed by atoms with E-state index in [1.54, 1.807) is 13.8 Å². The van der Waals surface area contributed by atoms with Crippen LogP contribution in [0.1, 0.15) is 52.5 Å². The Morgan fingerprint density at radius 2 is 1.54 bits per heavy atom. The fraction of sp³-hybridized carbons (Fsp3) is 0.520. The summed E-state index contributed by atoms with van der Waals surface area (Å²) in [5, 5.41) is 6.41. The number of oxime groups is 2. The fourth-order valence-corrected chi connectivity index (χ4v) is 3.24. The molecule has 0 spiro atoms. The maximum atomic E-state index is 13.3. The van der Waals surface area contributed by atoms with Crippen molar-refractivity contribution in [3.63, 3.8) is 0 Å². The highest BCUT2D eigenvalue weighted by atomic mass is 32.2. The first-order valence-corrected chi connectivity index (χ1v) is 13.9. The van der Waals surface area contributed by atoms with Gasteiger partial charge in [0.15, 0.2) is 11.4 Å². The van der Waals surface area contributed by atoms with E-state index in [0.717, 1.165) is 30.5 Å². The lowest BCUT2D eigenvalue weighted by molar-refractivity contribution is -0.0606. The molecule has 0 aromatic heterocycles. The van der Waals surface area contributed by atoms with Crippen LogP contribution in [0.25, 0.3) is 0 Å². The van der Waals surface area contributed by atoms with Crippen LogP contribution in [-0.4, -0.2) is 48.5 Å². The van der Waals surface area contributed by atoms with E-state index in [1.807, 2.05) is 6.92 Å². The summed E-state index contributed by atoms with van der Waals surface area (Å²) in [5.74, 6) is 1.77. The predicted molar refractivity (Wildman–Crippen MR) is 144 cm³/mol. The molecule has 1 rings (SSSR count). The first-order chi connectivity index (χ1) is 18.4. The van der Waals surface area contributed by atoms with Crippen LogP contribution < -0.4 is 4.74 Å². The summed E-state index contributed by atoms with van der Waals surface area (Å²) in [6.45, 7) is 7.09. The Morgan fingerprint density at radius 3 is 2.10 bits per heavy atom. The van der Waals surface area contributed by atoms with Crippen LogP contribution in [-0.2, 0) is 13.3 Å². The molecule has 0 unspecified atom stereocenters. The third-order valence-corrected chi connectivity index (χ3v) is 5.69. The van der Waals surface area contributed by atoms with Gasteiger partial charge in [0.25, 0.3) is 0 Å². The minimum absolute atomic E-state index is 0.129. The molecular weight excluding hydrogens is 570 g/mol. The summed E-state index contributed by atoms with van der Waals surface area (Å²) in [6, 6.07) is 5.24. The van der Waals surface area contributed by atoms with Gasteiger partial charge in [-0.25, -0.2) is 0 Å². The van der Waals surface area contributed by atoms with E-state index in [1.165, 1.54) is 43.3 Å². The average molecular weight is 603 g/mol. The molecule has 0 radical (unpaired) electrons. The Kier molecular flexibility index (Phi) is 15.9. The molecule has 0 atom stereocenters.